The molecule has 0 saturated carbocycles. The van der Waals surface area contributed by atoms with Gasteiger partial charge in [0.2, 0.25) is 5.91 Å². The number of hydrogen-bond acceptors (Lipinski definition) is 3. The Morgan fingerprint density at radius 1 is 1.04 bits per heavy atom. The highest BCUT2D eigenvalue weighted by Gasteiger charge is 2.13. The standard InChI is InChI=1S/C19H22N2O3/c1-19(2,3)15-7-4-14(5-8-15)6-13-18(22)20-16-9-11-17(12-10-16)21(23)24/h4-5,7-12H,6,13H2,1-3H3,(H,20,22). The molecule has 0 spiro atoms. The van der Waals surface area contributed by atoms with E-state index < -0.39 is 4.92 Å². The molecule has 0 saturated heterocycles. The van der Waals surface area contributed by atoms with Crippen molar-refractivity contribution < 1.29 is 9.72 Å². The highest BCUT2D eigenvalue weighted by Crippen LogP contribution is 2.22. The number of amides is 1. The lowest BCUT2D eigenvalue weighted by Gasteiger charge is -2.19. The molecule has 2 rings (SSSR count). The maximum absolute atomic E-state index is 12.0. The molecule has 0 bridgehead atoms. The van der Waals surface area contributed by atoms with Crippen LogP contribution in [0.15, 0.2) is 48.5 Å². The Kier molecular flexibility index (Phi) is 5.34. The third kappa shape index (κ3) is 4.91. The minimum Gasteiger partial charge on any atom is -0.326 e. The molecule has 0 fully saturated rings. The molecule has 5 nitrogen and oxygen atoms in total. The van der Waals surface area contributed by atoms with Gasteiger partial charge in [0.05, 0.1) is 4.92 Å². The number of nitro groups is 1. The van der Waals surface area contributed by atoms with Crippen molar-refractivity contribution in [3.05, 3.63) is 69.8 Å². The number of aryl methyl sites for hydroxylation is 1. The number of anilines is 1. The number of carbonyl (C=O) groups excluding carboxylic acids is 1. The smallest absolute Gasteiger partial charge is 0.269 e. The van der Waals surface area contributed by atoms with Crippen molar-refractivity contribution in [2.75, 3.05) is 5.32 Å². The van der Waals surface area contributed by atoms with Gasteiger partial charge in [0.25, 0.3) is 5.69 Å². The number of rotatable bonds is 5. The first-order valence-corrected chi connectivity index (χ1v) is 7.89. The summed E-state index contributed by atoms with van der Waals surface area (Å²) in [5.74, 6) is -0.108. The van der Waals surface area contributed by atoms with Gasteiger partial charge < -0.3 is 5.32 Å². The van der Waals surface area contributed by atoms with E-state index in [1.54, 1.807) is 0 Å². The zero-order chi connectivity index (χ0) is 17.7. The molecule has 5 heteroatoms. The van der Waals surface area contributed by atoms with Crippen LogP contribution in [-0.2, 0) is 16.6 Å². The van der Waals surface area contributed by atoms with Crippen molar-refractivity contribution in [2.24, 2.45) is 0 Å². The molecule has 0 atom stereocenters. The number of non-ortho nitro benzene ring substituents is 1. The summed E-state index contributed by atoms with van der Waals surface area (Å²) in [5.41, 5.74) is 3.07. The lowest BCUT2D eigenvalue weighted by molar-refractivity contribution is -0.384. The van der Waals surface area contributed by atoms with Gasteiger partial charge in [-0.15, -0.1) is 0 Å². The van der Waals surface area contributed by atoms with Crippen molar-refractivity contribution in [2.45, 2.75) is 39.0 Å². The second-order valence-corrected chi connectivity index (χ2v) is 6.80. The zero-order valence-corrected chi connectivity index (χ0v) is 14.2. The molecular formula is C19H22N2O3. The number of hydrogen-bond donors (Lipinski definition) is 1. The monoisotopic (exact) mass is 326 g/mol. The summed E-state index contributed by atoms with van der Waals surface area (Å²) < 4.78 is 0. The van der Waals surface area contributed by atoms with Crippen molar-refractivity contribution in [3.8, 4) is 0 Å². The van der Waals surface area contributed by atoms with Crippen LogP contribution >= 0.6 is 0 Å². The predicted octanol–water partition coefficient (Wildman–Crippen LogP) is 4.46. The number of benzene rings is 2. The normalized spacial score (nSPS) is 11.1. The van der Waals surface area contributed by atoms with E-state index in [0.29, 0.717) is 18.5 Å². The molecule has 0 radical (unpaired) electrons. The molecule has 0 aliphatic rings. The highest BCUT2D eigenvalue weighted by atomic mass is 16.6. The van der Waals surface area contributed by atoms with Crippen LogP contribution in [0.4, 0.5) is 11.4 Å². The van der Waals surface area contributed by atoms with Crippen LogP contribution in [0.1, 0.15) is 38.3 Å². The van der Waals surface area contributed by atoms with Crippen LogP contribution < -0.4 is 5.32 Å². The fraction of sp³-hybridized carbons (Fsp3) is 0.316. The van der Waals surface area contributed by atoms with Gasteiger partial charge >= 0.3 is 0 Å². The van der Waals surface area contributed by atoms with E-state index in [1.807, 2.05) is 0 Å². The molecule has 126 valence electrons. The van der Waals surface area contributed by atoms with Crippen molar-refractivity contribution in [1.82, 2.24) is 0 Å². The Morgan fingerprint density at radius 3 is 2.12 bits per heavy atom. The summed E-state index contributed by atoms with van der Waals surface area (Å²) in [4.78, 5) is 22.1. The summed E-state index contributed by atoms with van der Waals surface area (Å²) in [6, 6.07) is 14.1. The number of nitrogens with one attached hydrogen (secondary N) is 1. The van der Waals surface area contributed by atoms with E-state index in [9.17, 15) is 14.9 Å². The maximum atomic E-state index is 12.0. The molecule has 24 heavy (non-hydrogen) atoms. The van der Waals surface area contributed by atoms with E-state index in [-0.39, 0.29) is 17.0 Å². The molecule has 0 aromatic heterocycles. The second kappa shape index (κ2) is 7.25. The van der Waals surface area contributed by atoms with Gasteiger partial charge in [-0.2, -0.15) is 0 Å². The Bertz CT molecular complexity index is 714. The number of nitro benzene ring substituents is 1. The van der Waals surface area contributed by atoms with Gasteiger partial charge in [0, 0.05) is 24.2 Å². The van der Waals surface area contributed by atoms with Gasteiger partial charge in [-0.25, -0.2) is 0 Å². The molecule has 0 aliphatic heterocycles. The van der Waals surface area contributed by atoms with E-state index >= 15 is 0 Å². The molecule has 0 heterocycles. The lowest BCUT2D eigenvalue weighted by Crippen LogP contribution is -2.13. The molecule has 1 amide bonds. The summed E-state index contributed by atoms with van der Waals surface area (Å²) >= 11 is 0. The van der Waals surface area contributed by atoms with E-state index in [0.717, 1.165) is 5.56 Å². The summed E-state index contributed by atoms with van der Waals surface area (Å²) in [7, 11) is 0. The Labute approximate surface area is 141 Å². The zero-order valence-electron chi connectivity index (χ0n) is 14.2. The van der Waals surface area contributed by atoms with Crippen molar-refractivity contribution in [1.29, 1.82) is 0 Å². The topological polar surface area (TPSA) is 72.2 Å². The lowest BCUT2D eigenvalue weighted by atomic mass is 9.86. The Morgan fingerprint density at radius 2 is 1.62 bits per heavy atom. The van der Waals surface area contributed by atoms with E-state index in [2.05, 4.69) is 50.4 Å². The molecular weight excluding hydrogens is 304 g/mol. The van der Waals surface area contributed by atoms with Gasteiger partial charge in [-0.1, -0.05) is 45.0 Å². The molecule has 0 unspecified atom stereocenters. The van der Waals surface area contributed by atoms with Crippen LogP contribution in [-0.4, -0.2) is 10.8 Å². The first kappa shape index (κ1) is 17.7. The van der Waals surface area contributed by atoms with Crippen LogP contribution in [0, 0.1) is 10.1 Å². The number of carbonyl (C=O) groups is 1. The van der Waals surface area contributed by atoms with Crippen LogP contribution in [0.5, 0.6) is 0 Å². The second-order valence-electron chi connectivity index (χ2n) is 6.80. The van der Waals surface area contributed by atoms with Crippen LogP contribution in [0.3, 0.4) is 0 Å². The predicted molar refractivity (Wildman–Crippen MR) is 95.2 cm³/mol. The summed E-state index contributed by atoms with van der Waals surface area (Å²) in [6.45, 7) is 6.50. The third-order valence-corrected chi connectivity index (χ3v) is 3.82. The van der Waals surface area contributed by atoms with Gasteiger partial charge in [-0.05, 0) is 35.1 Å². The molecule has 1 N–H and O–H groups in total. The minimum atomic E-state index is -0.465. The Balaban J connectivity index is 1.87. The highest BCUT2D eigenvalue weighted by molar-refractivity contribution is 5.90. The maximum Gasteiger partial charge on any atom is 0.269 e. The number of nitrogens with zero attached hydrogens (tertiary/aromatic N) is 1. The fourth-order valence-corrected chi connectivity index (χ4v) is 2.32. The first-order chi connectivity index (χ1) is 11.3. The van der Waals surface area contributed by atoms with E-state index in [1.165, 1.54) is 29.8 Å². The fourth-order valence-electron chi connectivity index (χ4n) is 2.32. The van der Waals surface area contributed by atoms with Crippen LogP contribution in [0.2, 0.25) is 0 Å². The summed E-state index contributed by atoms with van der Waals surface area (Å²) in [5, 5.41) is 13.4. The third-order valence-electron chi connectivity index (χ3n) is 3.82. The van der Waals surface area contributed by atoms with Crippen molar-refractivity contribution >= 4 is 17.3 Å². The Hall–Kier alpha value is -2.69. The summed E-state index contributed by atoms with van der Waals surface area (Å²) in [6.07, 6.45) is 1.02. The van der Waals surface area contributed by atoms with Gasteiger partial charge in [0.15, 0.2) is 0 Å². The average molecular weight is 326 g/mol. The SMILES string of the molecule is CC(C)(C)c1ccc(CCC(=O)Nc2ccc([N+](=O)[O-])cc2)cc1. The molecule has 0 aliphatic carbocycles. The molecule has 2 aromatic carbocycles. The first-order valence-electron chi connectivity index (χ1n) is 7.89. The largest absolute Gasteiger partial charge is 0.326 e. The minimum absolute atomic E-state index is 0.00642. The van der Waals surface area contributed by atoms with E-state index in [4.69, 9.17) is 0 Å². The average Bonchev–Trinajstić information content (AvgIpc) is 2.53. The van der Waals surface area contributed by atoms with Crippen molar-refractivity contribution in [3.63, 3.8) is 0 Å². The van der Waals surface area contributed by atoms with Gasteiger partial charge in [0.1, 0.15) is 0 Å². The van der Waals surface area contributed by atoms with Gasteiger partial charge in [-0.3, -0.25) is 14.9 Å². The van der Waals surface area contributed by atoms with Crippen LogP contribution in [0.25, 0.3) is 0 Å². The quantitative estimate of drug-likeness (QED) is 0.651. The molecule has 2 aromatic rings.